The molecule has 2 atom stereocenters. The lowest BCUT2D eigenvalue weighted by Gasteiger charge is -2.31. The summed E-state index contributed by atoms with van der Waals surface area (Å²) in [4.78, 5) is 11.9. The Morgan fingerprint density at radius 1 is 1.43 bits per heavy atom. The van der Waals surface area contributed by atoms with Crippen LogP contribution in [0.2, 0.25) is 0 Å². The van der Waals surface area contributed by atoms with Crippen LogP contribution in [0.15, 0.2) is 24.3 Å². The molecule has 1 saturated heterocycles. The number of ether oxygens (including phenoxy) is 2. The molecule has 0 radical (unpaired) electrons. The molecule has 5 heteroatoms. The number of nitrogens with zero attached hydrogens (tertiary/aromatic N) is 1. The Hall–Kier alpha value is -1.90. The number of benzene rings is 1. The molecule has 0 aromatic heterocycles. The third-order valence-electron chi connectivity index (χ3n) is 3.38. The maximum absolute atomic E-state index is 11.9. The Morgan fingerprint density at radius 2 is 2.14 bits per heavy atom. The highest BCUT2D eigenvalue weighted by atomic mass is 16.5. The van der Waals surface area contributed by atoms with Gasteiger partial charge in [0.05, 0.1) is 29.9 Å². The van der Waals surface area contributed by atoms with Gasteiger partial charge in [-0.1, -0.05) is 6.07 Å². The zero-order chi connectivity index (χ0) is 15.2. The second-order valence-corrected chi connectivity index (χ2v) is 5.40. The van der Waals surface area contributed by atoms with E-state index in [9.17, 15) is 4.79 Å². The molecule has 0 spiro atoms. The van der Waals surface area contributed by atoms with Gasteiger partial charge >= 0.3 is 0 Å². The van der Waals surface area contributed by atoms with Crippen molar-refractivity contribution in [2.45, 2.75) is 45.0 Å². The van der Waals surface area contributed by atoms with Gasteiger partial charge in [0.1, 0.15) is 6.61 Å². The van der Waals surface area contributed by atoms with Crippen LogP contribution < -0.4 is 5.32 Å². The first kappa shape index (κ1) is 15.5. The molecule has 2 rings (SSSR count). The largest absolute Gasteiger partial charge is 0.375 e. The first-order valence-electron chi connectivity index (χ1n) is 7.14. The van der Waals surface area contributed by atoms with Gasteiger partial charge in [-0.15, -0.1) is 0 Å². The maximum atomic E-state index is 11.9. The fourth-order valence-corrected chi connectivity index (χ4v) is 2.54. The van der Waals surface area contributed by atoms with E-state index in [1.54, 1.807) is 24.3 Å². The second kappa shape index (κ2) is 7.21. The number of carbonyl (C=O) groups is 1. The van der Waals surface area contributed by atoms with Gasteiger partial charge in [0.25, 0.3) is 0 Å². The summed E-state index contributed by atoms with van der Waals surface area (Å²) in [6.07, 6.45) is 1.99. The minimum Gasteiger partial charge on any atom is -0.375 e. The van der Waals surface area contributed by atoms with E-state index < -0.39 is 0 Å². The zero-order valence-corrected chi connectivity index (χ0v) is 12.3. The number of nitriles is 1. The summed E-state index contributed by atoms with van der Waals surface area (Å²) in [7, 11) is 0. The molecule has 1 aliphatic rings. The van der Waals surface area contributed by atoms with E-state index in [1.807, 2.05) is 19.9 Å². The number of hydrogen-bond donors (Lipinski definition) is 1. The standard InChI is InChI=1S/C16H20N2O3/c1-11-6-15(7-12(2)21-11)20-10-16(19)18-14-5-3-4-13(8-14)9-17/h3-5,8,11-12,15H,6-7,10H2,1-2H3,(H,18,19). The van der Waals surface area contributed by atoms with Crippen molar-refractivity contribution in [3.05, 3.63) is 29.8 Å². The SMILES string of the molecule is CC1CC(OCC(=O)Nc2cccc(C#N)c2)CC(C)O1. The molecule has 0 aliphatic carbocycles. The predicted molar refractivity (Wildman–Crippen MR) is 78.8 cm³/mol. The van der Waals surface area contributed by atoms with Gasteiger partial charge in [-0.25, -0.2) is 0 Å². The zero-order valence-electron chi connectivity index (χ0n) is 12.3. The molecule has 1 aromatic carbocycles. The van der Waals surface area contributed by atoms with Crippen LogP contribution in [0.4, 0.5) is 5.69 Å². The fraction of sp³-hybridized carbons (Fsp3) is 0.500. The minimum absolute atomic E-state index is 0.0148. The van der Waals surface area contributed by atoms with Gasteiger partial charge in [-0.2, -0.15) is 5.26 Å². The van der Waals surface area contributed by atoms with Crippen molar-refractivity contribution in [3.8, 4) is 6.07 Å². The number of anilines is 1. The molecule has 2 unspecified atom stereocenters. The van der Waals surface area contributed by atoms with Crippen LogP contribution in [0.1, 0.15) is 32.3 Å². The Morgan fingerprint density at radius 3 is 2.81 bits per heavy atom. The lowest BCUT2D eigenvalue weighted by atomic mass is 10.0. The van der Waals surface area contributed by atoms with E-state index in [1.165, 1.54) is 0 Å². The maximum Gasteiger partial charge on any atom is 0.250 e. The number of rotatable bonds is 4. The van der Waals surface area contributed by atoms with E-state index >= 15 is 0 Å². The quantitative estimate of drug-likeness (QED) is 0.924. The first-order chi connectivity index (χ1) is 10.1. The van der Waals surface area contributed by atoms with Crippen LogP contribution in [-0.4, -0.2) is 30.8 Å². The highest BCUT2D eigenvalue weighted by Gasteiger charge is 2.25. The highest BCUT2D eigenvalue weighted by Crippen LogP contribution is 2.21. The average Bonchev–Trinajstić information content (AvgIpc) is 2.44. The van der Waals surface area contributed by atoms with Crippen molar-refractivity contribution in [3.63, 3.8) is 0 Å². The van der Waals surface area contributed by atoms with Crippen molar-refractivity contribution in [1.82, 2.24) is 0 Å². The van der Waals surface area contributed by atoms with E-state index in [0.29, 0.717) is 11.3 Å². The second-order valence-electron chi connectivity index (χ2n) is 5.40. The molecule has 1 N–H and O–H groups in total. The van der Waals surface area contributed by atoms with Crippen molar-refractivity contribution in [1.29, 1.82) is 5.26 Å². The highest BCUT2D eigenvalue weighted by molar-refractivity contribution is 5.91. The normalized spacial score (nSPS) is 25.1. The minimum atomic E-state index is -0.211. The molecule has 0 bridgehead atoms. The van der Waals surface area contributed by atoms with Gasteiger partial charge in [0.2, 0.25) is 5.91 Å². The number of carbonyl (C=O) groups excluding carboxylic acids is 1. The van der Waals surface area contributed by atoms with Gasteiger partial charge in [-0.3, -0.25) is 4.79 Å². The summed E-state index contributed by atoms with van der Waals surface area (Å²) in [5.74, 6) is -0.211. The summed E-state index contributed by atoms with van der Waals surface area (Å²) in [5, 5.41) is 11.6. The van der Waals surface area contributed by atoms with Crippen LogP contribution in [0.3, 0.4) is 0 Å². The summed E-state index contributed by atoms with van der Waals surface area (Å²) in [6.45, 7) is 4.04. The molecular weight excluding hydrogens is 268 g/mol. The van der Waals surface area contributed by atoms with Crippen molar-refractivity contribution in [2.75, 3.05) is 11.9 Å². The Balaban J connectivity index is 1.80. The lowest BCUT2D eigenvalue weighted by Crippen LogP contribution is -2.35. The summed E-state index contributed by atoms with van der Waals surface area (Å²) in [6, 6.07) is 8.84. The van der Waals surface area contributed by atoms with E-state index in [4.69, 9.17) is 14.7 Å². The number of nitrogens with one attached hydrogen (secondary N) is 1. The van der Waals surface area contributed by atoms with E-state index in [0.717, 1.165) is 12.8 Å². The van der Waals surface area contributed by atoms with E-state index in [2.05, 4.69) is 5.32 Å². The third kappa shape index (κ3) is 4.85. The van der Waals surface area contributed by atoms with Crippen LogP contribution in [0.5, 0.6) is 0 Å². The number of hydrogen-bond acceptors (Lipinski definition) is 4. The van der Waals surface area contributed by atoms with Crippen LogP contribution in [0.25, 0.3) is 0 Å². The molecule has 21 heavy (non-hydrogen) atoms. The van der Waals surface area contributed by atoms with Crippen LogP contribution in [-0.2, 0) is 14.3 Å². The van der Waals surface area contributed by atoms with Gasteiger partial charge in [0, 0.05) is 5.69 Å². The Kier molecular flexibility index (Phi) is 5.32. The summed E-state index contributed by atoms with van der Waals surface area (Å²) in [5.41, 5.74) is 1.12. The van der Waals surface area contributed by atoms with Gasteiger partial charge in [-0.05, 0) is 44.9 Å². The topological polar surface area (TPSA) is 71.3 Å². The van der Waals surface area contributed by atoms with Crippen molar-refractivity contribution in [2.24, 2.45) is 0 Å². The molecule has 1 amide bonds. The average molecular weight is 288 g/mol. The monoisotopic (exact) mass is 288 g/mol. The molecule has 1 aromatic rings. The van der Waals surface area contributed by atoms with Crippen molar-refractivity contribution >= 4 is 11.6 Å². The van der Waals surface area contributed by atoms with Gasteiger partial charge < -0.3 is 14.8 Å². The first-order valence-corrected chi connectivity index (χ1v) is 7.14. The van der Waals surface area contributed by atoms with Crippen LogP contribution >= 0.6 is 0 Å². The molecular formula is C16H20N2O3. The predicted octanol–water partition coefficient (Wildman–Crippen LogP) is 2.47. The van der Waals surface area contributed by atoms with Gasteiger partial charge in [0.15, 0.2) is 0 Å². The molecule has 1 heterocycles. The molecule has 1 fully saturated rings. The summed E-state index contributed by atoms with van der Waals surface area (Å²) >= 11 is 0. The van der Waals surface area contributed by atoms with E-state index in [-0.39, 0.29) is 30.8 Å². The molecule has 5 nitrogen and oxygen atoms in total. The Labute approximate surface area is 124 Å². The summed E-state index contributed by atoms with van der Waals surface area (Å²) < 4.78 is 11.3. The molecule has 112 valence electrons. The Bertz CT molecular complexity index is 529. The number of amides is 1. The third-order valence-corrected chi connectivity index (χ3v) is 3.38. The van der Waals surface area contributed by atoms with Crippen molar-refractivity contribution < 1.29 is 14.3 Å². The van der Waals surface area contributed by atoms with Crippen LogP contribution in [0, 0.1) is 11.3 Å². The lowest BCUT2D eigenvalue weighted by molar-refractivity contribution is -0.131. The smallest absolute Gasteiger partial charge is 0.250 e. The fourth-order valence-electron chi connectivity index (χ4n) is 2.54. The molecule has 1 aliphatic heterocycles. The molecule has 0 saturated carbocycles.